The molecule has 0 amide bonds. The van der Waals surface area contributed by atoms with Crippen molar-refractivity contribution >= 4 is 0 Å². The Morgan fingerprint density at radius 1 is 1.50 bits per heavy atom. The molecule has 0 fully saturated rings. The fourth-order valence-corrected chi connectivity index (χ4v) is 1.07. The van der Waals surface area contributed by atoms with Crippen molar-refractivity contribution in [2.75, 3.05) is 0 Å². The van der Waals surface area contributed by atoms with Crippen LogP contribution in [0.2, 0.25) is 0 Å². The van der Waals surface area contributed by atoms with Gasteiger partial charge in [-0.1, -0.05) is 37.1 Å². The van der Waals surface area contributed by atoms with Gasteiger partial charge >= 0.3 is 0 Å². The van der Waals surface area contributed by atoms with Gasteiger partial charge in [0.1, 0.15) is 0 Å². The third kappa shape index (κ3) is 3.51. The van der Waals surface area contributed by atoms with E-state index in [0.717, 1.165) is 0 Å². The summed E-state index contributed by atoms with van der Waals surface area (Å²) in [6.07, 6.45) is 11.9. The molecule has 0 N–H and O–H groups in total. The van der Waals surface area contributed by atoms with Crippen LogP contribution in [0.5, 0.6) is 0 Å². The molecular weight excluding hydrogens is 199 g/mol. The molecule has 1 aliphatic rings. The van der Waals surface area contributed by atoms with E-state index in [1.165, 1.54) is 31.3 Å². The molecule has 0 aliphatic heterocycles. The molecule has 0 spiro atoms. The van der Waals surface area contributed by atoms with Crippen LogP contribution < -0.4 is 0 Å². The molecule has 0 atom stereocenters. The molecule has 0 unspecified atom stereocenters. The van der Waals surface area contributed by atoms with Crippen LogP contribution in [0.25, 0.3) is 0 Å². The van der Waals surface area contributed by atoms with E-state index in [1.54, 1.807) is 0 Å². The second kappa shape index (κ2) is 6.10. The Labute approximate surface area is 82.5 Å². The summed E-state index contributed by atoms with van der Waals surface area (Å²) >= 11 is 0. The van der Waals surface area contributed by atoms with E-state index in [4.69, 9.17) is 0 Å². The first kappa shape index (κ1) is 10.4. The van der Waals surface area contributed by atoms with Gasteiger partial charge in [-0.15, -0.1) is 0 Å². The van der Waals surface area contributed by atoms with Crippen molar-refractivity contribution in [2.24, 2.45) is 0 Å². The van der Waals surface area contributed by atoms with Crippen LogP contribution in [0, 0.1) is 0 Å². The minimum Gasteiger partial charge on any atom is -0.0805 e. The molecule has 0 nitrogen and oxygen atoms in total. The first-order valence-corrected chi connectivity index (χ1v) is 3.79. The molecule has 0 aromatic rings. The molecule has 1 aliphatic carbocycles. The van der Waals surface area contributed by atoms with E-state index in [-0.39, 0.29) is 26.2 Å². The number of hydrogen-bond donors (Lipinski definition) is 0. The predicted octanol–water partition coefficient (Wildman–Crippen LogP) is 3.06. The van der Waals surface area contributed by atoms with Gasteiger partial charge in [0.25, 0.3) is 0 Å². The zero-order chi connectivity index (χ0) is 6.53. The van der Waals surface area contributed by atoms with Gasteiger partial charge in [0.2, 0.25) is 0 Å². The van der Waals surface area contributed by atoms with Gasteiger partial charge < -0.3 is 0 Å². The molecule has 0 bridgehead atoms. The molecule has 0 aromatic carbocycles. The molecule has 0 aromatic heterocycles. The van der Waals surface area contributed by atoms with Crippen LogP contribution in [-0.2, 0) is 26.2 Å². The zero-order valence-corrected chi connectivity index (χ0v) is 9.02. The maximum Gasteiger partial charge on any atom is 0 e. The van der Waals surface area contributed by atoms with Crippen molar-refractivity contribution in [1.29, 1.82) is 0 Å². The maximum atomic E-state index is 2.32. The summed E-state index contributed by atoms with van der Waals surface area (Å²) in [6, 6.07) is 0. The molecule has 1 rings (SSSR count). The van der Waals surface area contributed by atoms with Gasteiger partial charge in [0, 0.05) is 26.2 Å². The normalized spacial score (nSPS) is 14.7. The monoisotopic (exact) mass is 212 g/mol. The average Bonchev–Trinajstić information content (AvgIpc) is 2.34. The molecule has 54 valence electrons. The SMILES string of the molecule is CCCCC1=CCC=C1.[Zr]. The van der Waals surface area contributed by atoms with E-state index in [2.05, 4.69) is 25.2 Å². The Balaban J connectivity index is 0.000000810. The fraction of sp³-hybridized carbons (Fsp3) is 0.556. The number of unbranched alkanes of at least 4 members (excludes halogenated alkanes) is 1. The Morgan fingerprint density at radius 3 is 2.80 bits per heavy atom. The van der Waals surface area contributed by atoms with Crippen molar-refractivity contribution in [2.45, 2.75) is 32.6 Å². The Kier molecular flexibility index (Phi) is 6.32. The Morgan fingerprint density at radius 2 is 2.30 bits per heavy atom. The second-order valence-electron chi connectivity index (χ2n) is 2.52. The van der Waals surface area contributed by atoms with Crippen LogP contribution in [0.15, 0.2) is 23.8 Å². The quantitative estimate of drug-likeness (QED) is 0.676. The maximum absolute atomic E-state index is 2.32. The largest absolute Gasteiger partial charge is 0.0805 e. The summed E-state index contributed by atoms with van der Waals surface area (Å²) in [6.45, 7) is 2.24. The average molecular weight is 213 g/mol. The van der Waals surface area contributed by atoms with Crippen molar-refractivity contribution in [3.8, 4) is 0 Å². The fourth-order valence-electron chi connectivity index (χ4n) is 1.07. The Hall–Kier alpha value is 0.363. The zero-order valence-electron chi connectivity index (χ0n) is 6.56. The first-order valence-electron chi connectivity index (χ1n) is 3.79. The summed E-state index contributed by atoms with van der Waals surface area (Å²) in [5.74, 6) is 0. The second-order valence-corrected chi connectivity index (χ2v) is 2.52. The van der Waals surface area contributed by atoms with Crippen LogP contribution >= 0.6 is 0 Å². The smallest absolute Gasteiger partial charge is 0 e. The van der Waals surface area contributed by atoms with Gasteiger partial charge in [0.15, 0.2) is 0 Å². The molecule has 1 heteroatoms. The van der Waals surface area contributed by atoms with Crippen LogP contribution in [0.4, 0.5) is 0 Å². The van der Waals surface area contributed by atoms with Crippen molar-refractivity contribution in [3.63, 3.8) is 0 Å². The first-order chi connectivity index (χ1) is 4.43. The van der Waals surface area contributed by atoms with Crippen molar-refractivity contribution in [3.05, 3.63) is 23.8 Å². The summed E-state index contributed by atoms with van der Waals surface area (Å²) in [5, 5.41) is 0. The Bertz CT molecular complexity index is 134. The van der Waals surface area contributed by atoms with Crippen LogP contribution in [-0.4, -0.2) is 0 Å². The van der Waals surface area contributed by atoms with Crippen molar-refractivity contribution < 1.29 is 26.2 Å². The molecule has 10 heavy (non-hydrogen) atoms. The third-order valence-corrected chi connectivity index (χ3v) is 1.67. The summed E-state index contributed by atoms with van der Waals surface area (Å²) in [5.41, 5.74) is 1.54. The van der Waals surface area contributed by atoms with E-state index >= 15 is 0 Å². The third-order valence-electron chi connectivity index (χ3n) is 1.67. The van der Waals surface area contributed by atoms with Crippen LogP contribution in [0.3, 0.4) is 0 Å². The number of rotatable bonds is 3. The molecule has 0 radical (unpaired) electrons. The number of hydrogen-bond acceptors (Lipinski definition) is 0. The predicted molar refractivity (Wildman–Crippen MR) is 41.4 cm³/mol. The molecule has 0 saturated heterocycles. The number of allylic oxidation sites excluding steroid dienone is 4. The summed E-state index contributed by atoms with van der Waals surface area (Å²) in [7, 11) is 0. The van der Waals surface area contributed by atoms with Gasteiger partial charge in [-0.05, 0) is 19.3 Å². The van der Waals surface area contributed by atoms with Crippen molar-refractivity contribution in [1.82, 2.24) is 0 Å². The summed E-state index contributed by atoms with van der Waals surface area (Å²) in [4.78, 5) is 0. The van der Waals surface area contributed by atoms with Gasteiger partial charge in [-0.2, -0.15) is 0 Å². The molecular formula is C9H14Zr. The molecule has 0 heterocycles. The minimum atomic E-state index is 0. The van der Waals surface area contributed by atoms with Gasteiger partial charge in [0.05, 0.1) is 0 Å². The van der Waals surface area contributed by atoms with Gasteiger partial charge in [-0.25, -0.2) is 0 Å². The van der Waals surface area contributed by atoms with Crippen LogP contribution in [0.1, 0.15) is 32.6 Å². The standard InChI is InChI=1S/C9H14.Zr/c1-2-3-6-9-7-4-5-8-9;/h4,7-8H,2-3,5-6H2,1H3;. The van der Waals surface area contributed by atoms with E-state index in [0.29, 0.717) is 0 Å². The van der Waals surface area contributed by atoms with E-state index in [1.807, 2.05) is 0 Å². The summed E-state index contributed by atoms with van der Waals surface area (Å²) < 4.78 is 0. The minimum absolute atomic E-state index is 0. The molecule has 0 saturated carbocycles. The van der Waals surface area contributed by atoms with E-state index in [9.17, 15) is 0 Å². The van der Waals surface area contributed by atoms with E-state index < -0.39 is 0 Å². The van der Waals surface area contributed by atoms with Gasteiger partial charge in [-0.3, -0.25) is 0 Å². The topological polar surface area (TPSA) is 0 Å².